The van der Waals surface area contributed by atoms with Crippen LogP contribution in [0.3, 0.4) is 0 Å². The Balaban J connectivity index is 1.40. The SMILES string of the molecule is O=C1[C@@H]2[C@H](C(=O)N1N=Cc1cc(Br)c(Oc3ccc([N+](=O)[O-])cn3)c([N+](=O)[O-])c1)[C@H]1C=C[C@H]2C1. The molecule has 2 bridgehead atoms. The smallest absolute Gasteiger partial charge is 0.313 e. The van der Waals surface area contributed by atoms with Gasteiger partial charge in [0.2, 0.25) is 11.6 Å². The Kier molecular flexibility index (Phi) is 5.20. The number of halogens is 1. The molecule has 172 valence electrons. The highest BCUT2D eigenvalue weighted by Gasteiger charge is 2.59. The van der Waals surface area contributed by atoms with Gasteiger partial charge < -0.3 is 4.74 Å². The second kappa shape index (κ2) is 8.09. The number of hydrogen-bond acceptors (Lipinski definition) is 9. The largest absolute Gasteiger partial charge is 0.431 e. The number of nitro benzene ring substituents is 1. The van der Waals surface area contributed by atoms with E-state index < -0.39 is 27.4 Å². The van der Waals surface area contributed by atoms with Crippen molar-refractivity contribution in [1.29, 1.82) is 0 Å². The van der Waals surface area contributed by atoms with E-state index in [4.69, 9.17) is 4.74 Å². The molecule has 2 aromatic rings. The van der Waals surface area contributed by atoms with Crippen molar-refractivity contribution in [1.82, 2.24) is 9.99 Å². The van der Waals surface area contributed by atoms with E-state index in [1.54, 1.807) is 0 Å². The van der Waals surface area contributed by atoms with Gasteiger partial charge in [0.15, 0.2) is 0 Å². The number of imide groups is 1. The number of hydrogen-bond donors (Lipinski definition) is 0. The summed E-state index contributed by atoms with van der Waals surface area (Å²) < 4.78 is 5.67. The monoisotopic (exact) mass is 527 g/mol. The highest BCUT2D eigenvalue weighted by molar-refractivity contribution is 9.10. The number of fused-ring (bicyclic) bond motifs is 5. The number of carbonyl (C=O) groups is 2. The first-order valence-corrected chi connectivity index (χ1v) is 10.9. The fourth-order valence-electron chi connectivity index (χ4n) is 4.68. The molecule has 2 heterocycles. The van der Waals surface area contributed by atoms with Crippen molar-refractivity contribution in [3.63, 3.8) is 0 Å². The van der Waals surface area contributed by atoms with E-state index in [2.05, 4.69) is 26.0 Å². The molecule has 0 unspecified atom stereocenters. The molecular weight excluding hydrogens is 514 g/mol. The van der Waals surface area contributed by atoms with Gasteiger partial charge in [0, 0.05) is 23.8 Å². The predicted octanol–water partition coefficient (Wildman–Crippen LogP) is 3.59. The second-order valence-electron chi connectivity index (χ2n) is 8.05. The van der Waals surface area contributed by atoms with Crippen LogP contribution < -0.4 is 4.74 Å². The lowest BCUT2D eigenvalue weighted by molar-refractivity contribution is -0.385. The number of rotatable bonds is 6. The van der Waals surface area contributed by atoms with Crippen LogP contribution in [0, 0.1) is 43.9 Å². The summed E-state index contributed by atoms with van der Waals surface area (Å²) in [5, 5.41) is 27.3. The first kappa shape index (κ1) is 21.8. The van der Waals surface area contributed by atoms with Crippen LogP contribution in [0.25, 0.3) is 0 Å². The van der Waals surface area contributed by atoms with Crippen molar-refractivity contribution in [3.05, 3.63) is 72.9 Å². The zero-order valence-corrected chi connectivity index (χ0v) is 18.7. The molecule has 2 aliphatic carbocycles. The van der Waals surface area contributed by atoms with E-state index in [0.29, 0.717) is 0 Å². The van der Waals surface area contributed by atoms with E-state index in [1.165, 1.54) is 24.4 Å². The van der Waals surface area contributed by atoms with Crippen LogP contribution in [0.15, 0.2) is 52.2 Å². The van der Waals surface area contributed by atoms with Gasteiger partial charge in [0.05, 0.1) is 32.4 Å². The normalized spacial score (nSPS) is 24.8. The summed E-state index contributed by atoms with van der Waals surface area (Å²) in [4.78, 5) is 50.4. The van der Waals surface area contributed by atoms with Crippen LogP contribution in [0.4, 0.5) is 11.4 Å². The van der Waals surface area contributed by atoms with Gasteiger partial charge in [-0.1, -0.05) is 12.2 Å². The zero-order valence-electron chi connectivity index (χ0n) is 17.1. The van der Waals surface area contributed by atoms with Gasteiger partial charge in [0.25, 0.3) is 17.5 Å². The van der Waals surface area contributed by atoms with Crippen molar-refractivity contribution >= 4 is 45.3 Å². The lowest BCUT2D eigenvalue weighted by atomic mass is 9.85. The van der Waals surface area contributed by atoms with Gasteiger partial charge in [-0.2, -0.15) is 10.1 Å². The molecule has 13 heteroatoms. The Morgan fingerprint density at radius 3 is 2.32 bits per heavy atom. The molecule has 1 aromatic carbocycles. The van der Waals surface area contributed by atoms with E-state index in [9.17, 15) is 29.8 Å². The summed E-state index contributed by atoms with van der Waals surface area (Å²) in [7, 11) is 0. The number of carbonyl (C=O) groups excluding carboxylic acids is 2. The number of amides is 2. The van der Waals surface area contributed by atoms with Gasteiger partial charge in [-0.3, -0.25) is 29.8 Å². The molecule has 12 nitrogen and oxygen atoms in total. The summed E-state index contributed by atoms with van der Waals surface area (Å²) in [5.74, 6) is -1.68. The van der Waals surface area contributed by atoms with Crippen LogP contribution in [-0.2, 0) is 9.59 Å². The maximum atomic E-state index is 12.7. The van der Waals surface area contributed by atoms with Gasteiger partial charge in [-0.25, -0.2) is 4.98 Å². The minimum atomic E-state index is -0.678. The fraction of sp³-hybridized carbons (Fsp3) is 0.238. The fourth-order valence-corrected chi connectivity index (χ4v) is 5.23. The van der Waals surface area contributed by atoms with Crippen molar-refractivity contribution in [2.24, 2.45) is 28.8 Å². The molecule has 4 atom stereocenters. The molecule has 0 radical (unpaired) electrons. The average Bonchev–Trinajstić information content (AvgIpc) is 3.48. The average molecular weight is 528 g/mol. The van der Waals surface area contributed by atoms with Gasteiger partial charge in [0.1, 0.15) is 6.20 Å². The quantitative estimate of drug-likeness (QED) is 0.181. The highest BCUT2D eigenvalue weighted by atomic mass is 79.9. The Hall–Kier alpha value is -4.00. The summed E-state index contributed by atoms with van der Waals surface area (Å²) >= 11 is 3.22. The van der Waals surface area contributed by atoms with Crippen molar-refractivity contribution < 1.29 is 24.2 Å². The molecule has 1 aromatic heterocycles. The van der Waals surface area contributed by atoms with E-state index in [1.807, 2.05) is 12.2 Å². The van der Waals surface area contributed by atoms with E-state index >= 15 is 0 Å². The summed E-state index contributed by atoms with van der Waals surface area (Å²) in [6, 6.07) is 5.01. The van der Waals surface area contributed by atoms with E-state index in [-0.39, 0.29) is 51.0 Å². The first-order valence-electron chi connectivity index (χ1n) is 10.1. The second-order valence-corrected chi connectivity index (χ2v) is 8.91. The number of pyridine rings is 1. The van der Waals surface area contributed by atoms with Crippen LogP contribution >= 0.6 is 15.9 Å². The number of nitrogens with zero attached hydrogens (tertiary/aromatic N) is 5. The first-order chi connectivity index (χ1) is 16.2. The topological polar surface area (TPSA) is 158 Å². The third kappa shape index (κ3) is 3.53. The standard InChI is InChI=1S/C21H14BrN5O7/c22-14-5-10(8-24-25-20(28)17-11-1-2-12(7-11)18(17)21(25)29)6-15(27(32)33)19(14)34-16-4-3-13(9-23-16)26(30)31/h1-6,8-9,11-12,17-18H,7H2/t11-,12-,17-,18+/m0/s1. The number of allylic oxidation sites excluding steroid dienone is 2. The molecule has 2 amide bonds. The van der Waals surface area contributed by atoms with Crippen LogP contribution in [-0.4, -0.2) is 37.9 Å². The maximum Gasteiger partial charge on any atom is 0.313 e. The van der Waals surface area contributed by atoms with Crippen molar-refractivity contribution in [2.45, 2.75) is 6.42 Å². The lowest BCUT2D eigenvalue weighted by Gasteiger charge is -2.13. The Morgan fingerprint density at radius 1 is 1.09 bits per heavy atom. The molecular formula is C21H14BrN5O7. The summed E-state index contributed by atoms with van der Waals surface area (Å²) in [6.45, 7) is 0. The number of ether oxygens (including phenoxy) is 1. The molecule has 1 aliphatic heterocycles. The third-order valence-electron chi connectivity index (χ3n) is 6.15. The molecule has 34 heavy (non-hydrogen) atoms. The molecule has 5 rings (SSSR count). The van der Waals surface area contributed by atoms with Crippen molar-refractivity contribution in [2.75, 3.05) is 0 Å². The van der Waals surface area contributed by atoms with E-state index in [0.717, 1.165) is 23.7 Å². The van der Waals surface area contributed by atoms with Crippen molar-refractivity contribution in [3.8, 4) is 11.6 Å². The highest BCUT2D eigenvalue weighted by Crippen LogP contribution is 2.52. The maximum absolute atomic E-state index is 12.7. The van der Waals surface area contributed by atoms with Crippen LogP contribution in [0.5, 0.6) is 11.6 Å². The number of hydrazone groups is 1. The minimum absolute atomic E-state index is 0.0475. The molecule has 1 saturated carbocycles. The predicted molar refractivity (Wildman–Crippen MR) is 119 cm³/mol. The molecule has 0 N–H and O–H groups in total. The molecule has 2 fully saturated rings. The number of benzene rings is 1. The molecule has 3 aliphatic rings. The summed E-state index contributed by atoms with van der Waals surface area (Å²) in [6.07, 6.45) is 6.93. The number of nitro groups is 2. The van der Waals surface area contributed by atoms with Crippen LogP contribution in [0.1, 0.15) is 12.0 Å². The van der Waals surface area contributed by atoms with Gasteiger partial charge >= 0.3 is 5.69 Å². The Labute approximate surface area is 199 Å². The lowest BCUT2D eigenvalue weighted by Crippen LogP contribution is -2.28. The van der Waals surface area contributed by atoms with Crippen LogP contribution in [0.2, 0.25) is 0 Å². The molecule has 1 saturated heterocycles. The Morgan fingerprint density at radius 2 is 1.76 bits per heavy atom. The van der Waals surface area contributed by atoms with Gasteiger partial charge in [-0.05, 0) is 40.3 Å². The third-order valence-corrected chi connectivity index (χ3v) is 6.74. The minimum Gasteiger partial charge on any atom is -0.431 e. The summed E-state index contributed by atoms with van der Waals surface area (Å²) in [5.41, 5.74) is -0.443. The Bertz CT molecular complexity index is 1280. The zero-order chi connectivity index (χ0) is 24.1. The molecule has 0 spiro atoms. The number of aromatic nitrogens is 1. The van der Waals surface area contributed by atoms with Gasteiger partial charge in [-0.15, -0.1) is 0 Å².